The molecule has 0 unspecified atom stereocenters. The molecule has 0 saturated heterocycles. The third-order valence-corrected chi connectivity index (χ3v) is 3.84. The first kappa shape index (κ1) is 8.65. The van der Waals surface area contributed by atoms with Crippen LogP contribution < -0.4 is 0 Å². The van der Waals surface area contributed by atoms with Crippen molar-refractivity contribution in [2.45, 2.75) is 17.7 Å². The highest BCUT2D eigenvalue weighted by atomic mass is 32.2. The molecule has 1 nitrogen and oxygen atoms in total. The van der Waals surface area contributed by atoms with Crippen molar-refractivity contribution < 1.29 is 0 Å². The molecule has 0 N–H and O–H groups in total. The molecule has 0 amide bonds. The van der Waals surface area contributed by atoms with Crippen LogP contribution in [-0.4, -0.2) is 5.75 Å². The van der Waals surface area contributed by atoms with Crippen molar-refractivity contribution in [3.05, 3.63) is 29.8 Å². The minimum atomic E-state index is 0.0949. The van der Waals surface area contributed by atoms with E-state index in [-0.39, 0.29) is 5.92 Å². The van der Waals surface area contributed by atoms with Crippen LogP contribution in [0.1, 0.15) is 18.4 Å². The zero-order chi connectivity index (χ0) is 9.26. The molecule has 1 aliphatic rings. The number of nitrogens with zero attached hydrogens (tertiary/aromatic N) is 1. The molecule has 1 aliphatic heterocycles. The van der Waals surface area contributed by atoms with Crippen LogP contribution in [0, 0.1) is 17.2 Å². The van der Waals surface area contributed by atoms with Gasteiger partial charge < -0.3 is 0 Å². The molecule has 66 valence electrons. The Morgan fingerprint density at radius 3 is 3.00 bits per heavy atom. The van der Waals surface area contributed by atoms with E-state index >= 15 is 0 Å². The van der Waals surface area contributed by atoms with E-state index in [1.54, 1.807) is 0 Å². The number of fused-ring (bicyclic) bond motifs is 1. The standard InChI is InChI=1S/C11H11NS/c1-8-7-13-11-5-3-2-4-9(11)10(8)6-12/h2-5,8,10H,7H2,1H3/t8-,10+/m0/s1. The van der Waals surface area contributed by atoms with Crippen LogP contribution >= 0.6 is 11.8 Å². The quantitative estimate of drug-likeness (QED) is 0.626. The Morgan fingerprint density at radius 2 is 2.23 bits per heavy atom. The Kier molecular flexibility index (Phi) is 2.28. The molecule has 1 aromatic carbocycles. The number of thioether (sulfide) groups is 1. The fourth-order valence-electron chi connectivity index (χ4n) is 1.69. The highest BCUT2D eigenvalue weighted by Crippen LogP contribution is 2.40. The van der Waals surface area contributed by atoms with E-state index in [2.05, 4.69) is 25.1 Å². The molecule has 0 aromatic heterocycles. The predicted octanol–water partition coefficient (Wildman–Crippen LogP) is 3.04. The van der Waals surface area contributed by atoms with Gasteiger partial charge in [0.15, 0.2) is 0 Å². The summed E-state index contributed by atoms with van der Waals surface area (Å²) in [7, 11) is 0. The van der Waals surface area contributed by atoms with Crippen molar-refractivity contribution in [3.63, 3.8) is 0 Å². The average Bonchev–Trinajstić information content (AvgIpc) is 2.18. The first-order valence-corrected chi connectivity index (χ1v) is 5.43. The minimum Gasteiger partial charge on any atom is -0.198 e. The second kappa shape index (κ2) is 3.43. The molecule has 0 aliphatic carbocycles. The molecule has 0 bridgehead atoms. The Labute approximate surface area is 82.8 Å². The molecule has 0 fully saturated rings. The average molecular weight is 189 g/mol. The van der Waals surface area contributed by atoms with E-state index in [1.165, 1.54) is 10.5 Å². The third kappa shape index (κ3) is 1.45. The monoisotopic (exact) mass is 189 g/mol. The van der Waals surface area contributed by atoms with E-state index < -0.39 is 0 Å². The van der Waals surface area contributed by atoms with Gasteiger partial charge in [-0.05, 0) is 17.5 Å². The fourth-order valence-corrected chi connectivity index (χ4v) is 2.86. The summed E-state index contributed by atoms with van der Waals surface area (Å²) in [4.78, 5) is 1.28. The van der Waals surface area contributed by atoms with E-state index in [1.807, 2.05) is 23.9 Å². The molecule has 0 spiro atoms. The van der Waals surface area contributed by atoms with Crippen molar-refractivity contribution >= 4 is 11.8 Å². The molecular formula is C11H11NS. The highest BCUT2D eigenvalue weighted by molar-refractivity contribution is 7.99. The van der Waals surface area contributed by atoms with Crippen molar-refractivity contribution in [2.75, 3.05) is 5.75 Å². The number of hydrogen-bond acceptors (Lipinski definition) is 2. The maximum atomic E-state index is 9.05. The molecule has 2 rings (SSSR count). The lowest BCUT2D eigenvalue weighted by Gasteiger charge is -2.25. The second-order valence-electron chi connectivity index (χ2n) is 3.43. The first-order valence-electron chi connectivity index (χ1n) is 4.44. The van der Waals surface area contributed by atoms with Gasteiger partial charge in [-0.1, -0.05) is 25.1 Å². The van der Waals surface area contributed by atoms with Gasteiger partial charge in [0.25, 0.3) is 0 Å². The predicted molar refractivity (Wildman–Crippen MR) is 54.7 cm³/mol. The zero-order valence-corrected chi connectivity index (χ0v) is 8.34. The Bertz CT molecular complexity index is 353. The lowest BCUT2D eigenvalue weighted by molar-refractivity contribution is 0.580. The largest absolute Gasteiger partial charge is 0.198 e. The van der Waals surface area contributed by atoms with Crippen LogP contribution in [-0.2, 0) is 0 Å². The van der Waals surface area contributed by atoms with Gasteiger partial charge in [0, 0.05) is 10.6 Å². The van der Waals surface area contributed by atoms with Gasteiger partial charge in [-0.25, -0.2) is 0 Å². The molecule has 13 heavy (non-hydrogen) atoms. The molecule has 0 radical (unpaired) electrons. The number of hydrogen-bond donors (Lipinski definition) is 0. The molecular weight excluding hydrogens is 178 g/mol. The topological polar surface area (TPSA) is 23.8 Å². The van der Waals surface area contributed by atoms with Crippen LogP contribution in [0.25, 0.3) is 0 Å². The van der Waals surface area contributed by atoms with Gasteiger partial charge in [0.1, 0.15) is 0 Å². The van der Waals surface area contributed by atoms with Gasteiger partial charge >= 0.3 is 0 Å². The van der Waals surface area contributed by atoms with Gasteiger partial charge in [-0.3, -0.25) is 0 Å². The fraction of sp³-hybridized carbons (Fsp3) is 0.364. The number of benzene rings is 1. The molecule has 1 heterocycles. The normalized spacial score (nSPS) is 26.2. The van der Waals surface area contributed by atoms with Crippen molar-refractivity contribution in [3.8, 4) is 6.07 Å². The van der Waals surface area contributed by atoms with Crippen molar-refractivity contribution in [1.82, 2.24) is 0 Å². The molecule has 2 heteroatoms. The maximum absolute atomic E-state index is 9.05. The Morgan fingerprint density at radius 1 is 1.46 bits per heavy atom. The summed E-state index contributed by atoms with van der Waals surface area (Å²) in [5, 5.41) is 9.05. The summed E-state index contributed by atoms with van der Waals surface area (Å²) in [6, 6.07) is 10.6. The molecule has 0 saturated carbocycles. The summed E-state index contributed by atoms with van der Waals surface area (Å²) < 4.78 is 0. The van der Waals surface area contributed by atoms with Crippen LogP contribution in [0.15, 0.2) is 29.2 Å². The second-order valence-corrected chi connectivity index (χ2v) is 4.49. The van der Waals surface area contributed by atoms with Crippen LogP contribution in [0.4, 0.5) is 0 Å². The lowest BCUT2D eigenvalue weighted by atomic mass is 9.89. The zero-order valence-electron chi connectivity index (χ0n) is 7.53. The lowest BCUT2D eigenvalue weighted by Crippen LogP contribution is -2.15. The van der Waals surface area contributed by atoms with E-state index in [4.69, 9.17) is 5.26 Å². The summed E-state index contributed by atoms with van der Waals surface area (Å²) in [6.45, 7) is 2.15. The minimum absolute atomic E-state index is 0.0949. The highest BCUT2D eigenvalue weighted by Gasteiger charge is 2.26. The van der Waals surface area contributed by atoms with E-state index in [0.717, 1.165) is 5.75 Å². The number of rotatable bonds is 0. The van der Waals surface area contributed by atoms with E-state index in [9.17, 15) is 0 Å². The Balaban J connectivity index is 2.46. The van der Waals surface area contributed by atoms with Gasteiger partial charge in [-0.15, -0.1) is 11.8 Å². The van der Waals surface area contributed by atoms with Crippen LogP contribution in [0.5, 0.6) is 0 Å². The first-order chi connectivity index (χ1) is 6.33. The number of nitriles is 1. The summed E-state index contributed by atoms with van der Waals surface area (Å²) in [5.41, 5.74) is 1.22. The summed E-state index contributed by atoms with van der Waals surface area (Å²) in [5.74, 6) is 1.64. The Hall–Kier alpha value is -0.940. The van der Waals surface area contributed by atoms with Gasteiger partial charge in [0.2, 0.25) is 0 Å². The summed E-state index contributed by atoms with van der Waals surface area (Å²) in [6.07, 6.45) is 0. The third-order valence-electron chi connectivity index (χ3n) is 2.46. The molecule has 2 atom stereocenters. The maximum Gasteiger partial charge on any atom is 0.0757 e. The van der Waals surface area contributed by atoms with Gasteiger partial charge in [0.05, 0.1) is 12.0 Å². The molecule has 1 aromatic rings. The smallest absolute Gasteiger partial charge is 0.0757 e. The van der Waals surface area contributed by atoms with Crippen LogP contribution in [0.3, 0.4) is 0 Å². The van der Waals surface area contributed by atoms with Crippen molar-refractivity contribution in [1.29, 1.82) is 5.26 Å². The van der Waals surface area contributed by atoms with Gasteiger partial charge in [-0.2, -0.15) is 5.26 Å². The van der Waals surface area contributed by atoms with E-state index in [0.29, 0.717) is 5.92 Å². The van der Waals surface area contributed by atoms with Crippen molar-refractivity contribution in [2.24, 2.45) is 5.92 Å². The van der Waals surface area contributed by atoms with Crippen LogP contribution in [0.2, 0.25) is 0 Å². The summed E-state index contributed by atoms with van der Waals surface area (Å²) >= 11 is 1.86. The SMILES string of the molecule is C[C@H]1CSc2ccccc2[C@@H]1C#N.